The Kier molecular flexibility index (Phi) is 9.00. The van der Waals surface area contributed by atoms with Crippen molar-refractivity contribution in [2.75, 3.05) is 4.90 Å². The van der Waals surface area contributed by atoms with Gasteiger partial charge in [-0.2, -0.15) is 5.26 Å². The highest BCUT2D eigenvalue weighted by Crippen LogP contribution is 2.31. The molecule has 0 aliphatic heterocycles. The Bertz CT molecular complexity index is 1180. The maximum atomic E-state index is 12.8. The number of hydrogen-bond acceptors (Lipinski definition) is 7. The van der Waals surface area contributed by atoms with Crippen molar-refractivity contribution in [1.29, 1.82) is 5.26 Å². The molecule has 0 bridgehead atoms. The first-order valence-corrected chi connectivity index (χ1v) is 11.8. The number of nitrogens with zero attached hydrogens (tertiary/aromatic N) is 4. The first-order chi connectivity index (χ1) is 16.1. The number of rotatable bonds is 10. The second-order valence-electron chi connectivity index (χ2n) is 6.79. The van der Waals surface area contributed by atoms with Crippen molar-refractivity contribution in [1.82, 2.24) is 14.7 Å². The van der Waals surface area contributed by atoms with Gasteiger partial charge in [-0.3, -0.25) is 14.5 Å². The summed E-state index contributed by atoms with van der Waals surface area (Å²) in [4.78, 5) is 25.2. The molecule has 2 aromatic heterocycles. The van der Waals surface area contributed by atoms with E-state index < -0.39 is 0 Å². The molecule has 33 heavy (non-hydrogen) atoms. The Morgan fingerprint density at radius 3 is 2.82 bits per heavy atom. The lowest BCUT2D eigenvalue weighted by molar-refractivity contribution is 0.0979. The Labute approximate surface area is 202 Å². The number of allylic oxidation sites excluding steroid dienone is 4. The monoisotopic (exact) mass is 473 g/mol. The summed E-state index contributed by atoms with van der Waals surface area (Å²) in [5.74, 6) is -0.266. The summed E-state index contributed by atoms with van der Waals surface area (Å²) in [7, 11) is 0. The van der Waals surface area contributed by atoms with Crippen LogP contribution in [0.2, 0.25) is 0 Å². The van der Waals surface area contributed by atoms with Crippen LogP contribution in [0.5, 0.6) is 0 Å². The van der Waals surface area contributed by atoms with Crippen molar-refractivity contribution < 1.29 is 4.79 Å². The van der Waals surface area contributed by atoms with Crippen LogP contribution in [-0.2, 0) is 6.54 Å². The zero-order chi connectivity index (χ0) is 23.5. The van der Waals surface area contributed by atoms with Crippen molar-refractivity contribution in [3.63, 3.8) is 0 Å². The van der Waals surface area contributed by atoms with E-state index in [9.17, 15) is 4.79 Å². The van der Waals surface area contributed by atoms with E-state index in [0.29, 0.717) is 23.8 Å². The van der Waals surface area contributed by atoms with Gasteiger partial charge in [-0.05, 0) is 48.7 Å². The van der Waals surface area contributed by atoms with Crippen LogP contribution >= 0.6 is 23.3 Å². The van der Waals surface area contributed by atoms with Crippen LogP contribution in [0, 0.1) is 18.3 Å². The van der Waals surface area contributed by atoms with Gasteiger partial charge in [0.15, 0.2) is 5.13 Å². The second-order valence-corrected chi connectivity index (χ2v) is 8.85. The van der Waals surface area contributed by atoms with Gasteiger partial charge in [0.25, 0.3) is 5.91 Å². The van der Waals surface area contributed by atoms with Crippen LogP contribution < -0.4 is 9.62 Å². The van der Waals surface area contributed by atoms with Gasteiger partial charge in [-0.15, -0.1) is 11.3 Å². The zero-order valence-electron chi connectivity index (χ0n) is 18.1. The molecular formula is C25H23N5OS2. The van der Waals surface area contributed by atoms with Crippen molar-refractivity contribution >= 4 is 34.3 Å². The Morgan fingerprint density at radius 1 is 1.30 bits per heavy atom. The smallest absolute Gasteiger partial charge is 0.281 e. The van der Waals surface area contributed by atoms with E-state index in [1.807, 2.05) is 66.4 Å². The van der Waals surface area contributed by atoms with E-state index in [4.69, 9.17) is 5.26 Å². The molecule has 1 amide bonds. The molecule has 6 nitrogen and oxygen atoms in total. The second kappa shape index (κ2) is 12.4. The minimum atomic E-state index is -0.266. The molecule has 3 rings (SSSR count). The van der Waals surface area contributed by atoms with Gasteiger partial charge in [0.2, 0.25) is 0 Å². The van der Waals surface area contributed by atoms with Gasteiger partial charge in [-0.1, -0.05) is 49.1 Å². The molecule has 2 heterocycles. The number of anilines is 1. The number of benzene rings is 1. The summed E-state index contributed by atoms with van der Waals surface area (Å²) in [5, 5.41) is 9.60. The third kappa shape index (κ3) is 6.91. The van der Waals surface area contributed by atoms with Crippen molar-refractivity contribution in [3.05, 3.63) is 108 Å². The molecule has 0 unspecified atom stereocenters. The topological polar surface area (TPSA) is 81.9 Å². The standard InChI is InChI=1S/C25H23N5OS2/c1-3-10-21(13-7-8-15-26)30(18-20-11-5-4-6-12-20)25-28-23(19(2)32-25)24(31)29-33-22-14-9-16-27-17-22/h3-7,9-14,16-17H,1,8,18H2,2H3,(H,29,31)/b13-7-,21-10+. The molecule has 8 heteroatoms. The fraction of sp³-hybridized carbons (Fsp3) is 0.120. The average Bonchev–Trinajstić information content (AvgIpc) is 3.23. The molecule has 166 valence electrons. The summed E-state index contributed by atoms with van der Waals surface area (Å²) < 4.78 is 2.84. The Morgan fingerprint density at radius 2 is 2.12 bits per heavy atom. The lowest BCUT2D eigenvalue weighted by Gasteiger charge is -2.23. The van der Waals surface area contributed by atoms with Gasteiger partial charge in [0.1, 0.15) is 5.69 Å². The third-order valence-corrected chi connectivity index (χ3v) is 6.17. The van der Waals surface area contributed by atoms with Crippen LogP contribution in [-0.4, -0.2) is 15.9 Å². The summed E-state index contributed by atoms with van der Waals surface area (Å²) >= 11 is 2.65. The van der Waals surface area contributed by atoms with Crippen molar-refractivity contribution in [2.45, 2.75) is 24.8 Å². The summed E-state index contributed by atoms with van der Waals surface area (Å²) in [6, 6.07) is 15.8. The van der Waals surface area contributed by atoms with Crippen LogP contribution in [0.15, 0.2) is 96.3 Å². The number of nitrogens with one attached hydrogen (secondary N) is 1. The molecule has 0 saturated carbocycles. The minimum absolute atomic E-state index is 0.266. The van der Waals surface area contributed by atoms with E-state index in [1.54, 1.807) is 24.5 Å². The number of aryl methyl sites for hydroxylation is 1. The lowest BCUT2D eigenvalue weighted by Crippen LogP contribution is -2.22. The highest BCUT2D eigenvalue weighted by Gasteiger charge is 2.21. The quantitative estimate of drug-likeness (QED) is 0.295. The van der Waals surface area contributed by atoms with Gasteiger partial charge in [-0.25, -0.2) is 4.98 Å². The first-order valence-electron chi connectivity index (χ1n) is 10.1. The number of hydrogen-bond donors (Lipinski definition) is 1. The molecule has 0 fully saturated rings. The number of amides is 1. The van der Waals surface area contributed by atoms with Gasteiger partial charge >= 0.3 is 0 Å². The number of nitriles is 1. The van der Waals surface area contributed by atoms with E-state index in [1.165, 1.54) is 23.3 Å². The fourth-order valence-electron chi connectivity index (χ4n) is 2.89. The third-order valence-electron chi connectivity index (χ3n) is 4.41. The molecular weight excluding hydrogens is 450 g/mol. The highest BCUT2D eigenvalue weighted by molar-refractivity contribution is 7.98. The molecule has 0 aliphatic rings. The van der Waals surface area contributed by atoms with Gasteiger partial charge < -0.3 is 4.90 Å². The number of carbonyl (C=O) groups is 1. The molecule has 1 aromatic carbocycles. The van der Waals surface area contributed by atoms with Crippen LogP contribution in [0.1, 0.15) is 27.3 Å². The van der Waals surface area contributed by atoms with Crippen molar-refractivity contribution in [3.8, 4) is 6.07 Å². The predicted molar refractivity (Wildman–Crippen MR) is 135 cm³/mol. The number of thiazole rings is 1. The van der Waals surface area contributed by atoms with E-state index in [-0.39, 0.29) is 5.91 Å². The summed E-state index contributed by atoms with van der Waals surface area (Å²) in [6.07, 6.45) is 10.9. The number of pyridine rings is 1. The number of aromatic nitrogens is 2. The molecule has 0 radical (unpaired) electrons. The lowest BCUT2D eigenvalue weighted by atomic mass is 10.2. The fourth-order valence-corrected chi connectivity index (χ4v) is 4.39. The predicted octanol–water partition coefficient (Wildman–Crippen LogP) is 5.83. The summed E-state index contributed by atoms with van der Waals surface area (Å²) in [6.45, 7) is 6.26. The molecule has 3 aromatic rings. The largest absolute Gasteiger partial charge is 0.313 e. The number of carbonyl (C=O) groups excluding carboxylic acids is 1. The highest BCUT2D eigenvalue weighted by atomic mass is 32.2. The molecule has 0 spiro atoms. The van der Waals surface area contributed by atoms with E-state index in [2.05, 4.69) is 27.3 Å². The van der Waals surface area contributed by atoms with Crippen LogP contribution in [0.25, 0.3) is 0 Å². The van der Waals surface area contributed by atoms with Gasteiger partial charge in [0.05, 0.1) is 19.0 Å². The maximum Gasteiger partial charge on any atom is 0.281 e. The summed E-state index contributed by atoms with van der Waals surface area (Å²) in [5.41, 5.74) is 2.30. The molecule has 0 saturated heterocycles. The van der Waals surface area contributed by atoms with E-state index >= 15 is 0 Å². The minimum Gasteiger partial charge on any atom is -0.313 e. The first kappa shape index (κ1) is 24.0. The Balaban J connectivity index is 1.89. The normalized spacial score (nSPS) is 11.2. The van der Waals surface area contributed by atoms with Crippen molar-refractivity contribution in [2.24, 2.45) is 0 Å². The maximum absolute atomic E-state index is 12.8. The zero-order valence-corrected chi connectivity index (χ0v) is 19.8. The van der Waals surface area contributed by atoms with Crippen LogP contribution in [0.4, 0.5) is 5.13 Å². The van der Waals surface area contributed by atoms with Gasteiger partial charge in [0, 0.05) is 27.9 Å². The molecule has 0 aliphatic carbocycles. The molecule has 0 atom stereocenters. The SMILES string of the molecule is C=C/C=C(\C=C/CC#N)N(Cc1ccccc1)c1nc(C(=O)NSc2cccnc2)c(C)s1. The molecule has 1 N–H and O–H groups in total. The van der Waals surface area contributed by atoms with E-state index in [0.717, 1.165) is 21.0 Å². The average molecular weight is 474 g/mol. The van der Waals surface area contributed by atoms with Crippen LogP contribution in [0.3, 0.4) is 0 Å². The Hall–Kier alpha value is -3.67.